The lowest BCUT2D eigenvalue weighted by Crippen LogP contribution is -2.38. The first kappa shape index (κ1) is 10.9. The number of esters is 1. The Kier molecular flexibility index (Phi) is 3.62. The Morgan fingerprint density at radius 1 is 1.40 bits per heavy atom. The highest BCUT2D eigenvalue weighted by molar-refractivity contribution is 5.69. The van der Waals surface area contributed by atoms with Crippen LogP contribution in [0.2, 0.25) is 0 Å². The van der Waals surface area contributed by atoms with E-state index in [9.17, 15) is 4.79 Å². The summed E-state index contributed by atoms with van der Waals surface area (Å²) in [6.07, 6.45) is 4.51. The van der Waals surface area contributed by atoms with Crippen molar-refractivity contribution >= 4 is 5.97 Å². The van der Waals surface area contributed by atoms with E-state index in [1.165, 1.54) is 12.8 Å². The third-order valence-corrected chi connectivity index (χ3v) is 3.64. The van der Waals surface area contributed by atoms with E-state index in [4.69, 9.17) is 4.74 Å². The molecule has 2 aliphatic rings. The second kappa shape index (κ2) is 4.97. The molecular formula is C12H21NO2. The van der Waals surface area contributed by atoms with E-state index in [-0.39, 0.29) is 5.97 Å². The van der Waals surface area contributed by atoms with Gasteiger partial charge in [0, 0.05) is 6.42 Å². The molecule has 0 aromatic rings. The van der Waals surface area contributed by atoms with Crippen molar-refractivity contribution in [2.75, 3.05) is 19.7 Å². The van der Waals surface area contributed by atoms with Crippen LogP contribution in [0, 0.1) is 17.8 Å². The molecule has 1 heterocycles. The fraction of sp³-hybridized carbons (Fsp3) is 0.917. The van der Waals surface area contributed by atoms with Gasteiger partial charge in [-0.05, 0) is 57.0 Å². The van der Waals surface area contributed by atoms with Gasteiger partial charge in [-0.3, -0.25) is 4.79 Å². The van der Waals surface area contributed by atoms with Crippen molar-refractivity contribution in [3.63, 3.8) is 0 Å². The van der Waals surface area contributed by atoms with Gasteiger partial charge in [0.25, 0.3) is 0 Å². The van der Waals surface area contributed by atoms with Crippen molar-refractivity contribution in [1.29, 1.82) is 0 Å². The molecule has 0 aromatic heterocycles. The average molecular weight is 211 g/mol. The molecule has 0 bridgehead atoms. The minimum absolute atomic E-state index is 0.00458. The number of hydrogen-bond donors (Lipinski definition) is 1. The summed E-state index contributed by atoms with van der Waals surface area (Å²) in [5, 5.41) is 3.44. The zero-order chi connectivity index (χ0) is 10.7. The minimum atomic E-state index is -0.00458. The Bertz CT molecular complexity index is 226. The summed E-state index contributed by atoms with van der Waals surface area (Å²) in [4.78, 5) is 11.5. The predicted octanol–water partition coefficient (Wildman–Crippen LogP) is 1.58. The van der Waals surface area contributed by atoms with E-state index in [1.54, 1.807) is 0 Å². The molecule has 2 atom stereocenters. The number of carbonyl (C=O) groups is 1. The number of hydrogen-bond acceptors (Lipinski definition) is 3. The third-order valence-electron chi connectivity index (χ3n) is 3.64. The molecule has 2 rings (SSSR count). The summed E-state index contributed by atoms with van der Waals surface area (Å²) >= 11 is 0. The number of carbonyl (C=O) groups excluding carboxylic acids is 1. The van der Waals surface area contributed by atoms with Crippen molar-refractivity contribution < 1.29 is 9.53 Å². The lowest BCUT2D eigenvalue weighted by molar-refractivity contribution is -0.145. The number of rotatable bonds is 4. The third kappa shape index (κ3) is 2.94. The number of piperidine rings is 1. The maximum atomic E-state index is 11.5. The van der Waals surface area contributed by atoms with Crippen molar-refractivity contribution in [3.8, 4) is 0 Å². The second-order valence-electron chi connectivity index (χ2n) is 4.76. The van der Waals surface area contributed by atoms with Crippen LogP contribution in [-0.4, -0.2) is 25.7 Å². The van der Waals surface area contributed by atoms with Crippen LogP contribution in [0.5, 0.6) is 0 Å². The summed E-state index contributed by atoms with van der Waals surface area (Å²) in [6.45, 7) is 4.55. The van der Waals surface area contributed by atoms with Crippen LogP contribution in [0.25, 0.3) is 0 Å². The molecule has 15 heavy (non-hydrogen) atoms. The summed E-state index contributed by atoms with van der Waals surface area (Å²) in [5.41, 5.74) is 0. The van der Waals surface area contributed by atoms with Crippen LogP contribution in [-0.2, 0) is 9.53 Å². The smallest absolute Gasteiger partial charge is 0.306 e. The number of ether oxygens (including phenoxy) is 1. The normalized spacial score (nSPS) is 31.3. The SMILES string of the molecule is CCOC(=O)C[C@@H]1CCNC[C@@H]1C1CC1. The minimum Gasteiger partial charge on any atom is -0.466 e. The van der Waals surface area contributed by atoms with Crippen LogP contribution < -0.4 is 5.32 Å². The van der Waals surface area contributed by atoms with Crippen molar-refractivity contribution in [1.82, 2.24) is 5.32 Å². The maximum Gasteiger partial charge on any atom is 0.306 e. The molecule has 1 saturated carbocycles. The zero-order valence-corrected chi connectivity index (χ0v) is 9.50. The van der Waals surface area contributed by atoms with E-state index in [0.717, 1.165) is 31.3 Å². The van der Waals surface area contributed by atoms with Crippen LogP contribution >= 0.6 is 0 Å². The lowest BCUT2D eigenvalue weighted by Gasteiger charge is -2.31. The van der Waals surface area contributed by atoms with Gasteiger partial charge in [0.15, 0.2) is 0 Å². The van der Waals surface area contributed by atoms with Gasteiger partial charge in [-0.25, -0.2) is 0 Å². The Morgan fingerprint density at radius 2 is 2.20 bits per heavy atom. The van der Waals surface area contributed by atoms with Gasteiger partial charge in [-0.1, -0.05) is 0 Å². The molecule has 1 aliphatic carbocycles. The molecule has 0 amide bonds. The fourth-order valence-electron chi connectivity index (χ4n) is 2.70. The van der Waals surface area contributed by atoms with Gasteiger partial charge in [-0.2, -0.15) is 0 Å². The highest BCUT2D eigenvalue weighted by Crippen LogP contribution is 2.43. The first-order valence-electron chi connectivity index (χ1n) is 6.17. The quantitative estimate of drug-likeness (QED) is 0.717. The van der Waals surface area contributed by atoms with Crippen LogP contribution in [0.15, 0.2) is 0 Å². The molecule has 1 aliphatic heterocycles. The summed E-state index contributed by atoms with van der Waals surface area (Å²) in [6, 6.07) is 0. The van der Waals surface area contributed by atoms with E-state index in [2.05, 4.69) is 5.32 Å². The molecule has 0 radical (unpaired) electrons. The summed E-state index contributed by atoms with van der Waals surface area (Å²) < 4.78 is 5.03. The van der Waals surface area contributed by atoms with Crippen LogP contribution in [0.1, 0.15) is 32.6 Å². The van der Waals surface area contributed by atoms with E-state index in [0.29, 0.717) is 18.9 Å². The molecule has 3 nitrogen and oxygen atoms in total. The zero-order valence-electron chi connectivity index (χ0n) is 9.50. The van der Waals surface area contributed by atoms with Gasteiger partial charge in [0.1, 0.15) is 0 Å². The molecule has 0 spiro atoms. The molecular weight excluding hydrogens is 190 g/mol. The topological polar surface area (TPSA) is 38.3 Å². The Labute approximate surface area is 91.6 Å². The first-order valence-corrected chi connectivity index (χ1v) is 6.17. The molecule has 1 saturated heterocycles. The largest absolute Gasteiger partial charge is 0.466 e. The molecule has 86 valence electrons. The highest BCUT2D eigenvalue weighted by atomic mass is 16.5. The maximum absolute atomic E-state index is 11.5. The van der Waals surface area contributed by atoms with Gasteiger partial charge in [0.2, 0.25) is 0 Å². The van der Waals surface area contributed by atoms with Gasteiger partial charge in [-0.15, -0.1) is 0 Å². The number of nitrogens with one attached hydrogen (secondary N) is 1. The molecule has 1 N–H and O–H groups in total. The molecule has 0 aromatic carbocycles. The van der Waals surface area contributed by atoms with Gasteiger partial charge >= 0.3 is 5.97 Å². The molecule has 3 heteroatoms. The Hall–Kier alpha value is -0.570. The van der Waals surface area contributed by atoms with Gasteiger partial charge in [0.05, 0.1) is 6.61 Å². The predicted molar refractivity (Wildman–Crippen MR) is 58.4 cm³/mol. The Balaban J connectivity index is 1.84. The van der Waals surface area contributed by atoms with E-state index >= 15 is 0 Å². The van der Waals surface area contributed by atoms with Crippen molar-refractivity contribution in [3.05, 3.63) is 0 Å². The van der Waals surface area contributed by atoms with Crippen LogP contribution in [0.3, 0.4) is 0 Å². The Morgan fingerprint density at radius 3 is 2.87 bits per heavy atom. The van der Waals surface area contributed by atoms with Crippen LogP contribution in [0.4, 0.5) is 0 Å². The van der Waals surface area contributed by atoms with E-state index < -0.39 is 0 Å². The van der Waals surface area contributed by atoms with Crippen molar-refractivity contribution in [2.24, 2.45) is 17.8 Å². The lowest BCUT2D eigenvalue weighted by atomic mass is 9.81. The fourth-order valence-corrected chi connectivity index (χ4v) is 2.70. The van der Waals surface area contributed by atoms with E-state index in [1.807, 2.05) is 6.92 Å². The molecule has 2 fully saturated rings. The second-order valence-corrected chi connectivity index (χ2v) is 4.76. The van der Waals surface area contributed by atoms with Crippen molar-refractivity contribution in [2.45, 2.75) is 32.6 Å². The monoisotopic (exact) mass is 211 g/mol. The average Bonchev–Trinajstić information content (AvgIpc) is 3.02. The first-order chi connectivity index (χ1) is 7.31. The molecule has 0 unspecified atom stereocenters. The summed E-state index contributed by atoms with van der Waals surface area (Å²) in [7, 11) is 0. The standard InChI is InChI=1S/C12H21NO2/c1-2-15-12(14)7-10-5-6-13-8-11(10)9-3-4-9/h9-11,13H,2-8H2,1H3/t10-,11+/m0/s1. The highest BCUT2D eigenvalue weighted by Gasteiger charge is 2.38. The van der Waals surface area contributed by atoms with Gasteiger partial charge < -0.3 is 10.1 Å². The summed E-state index contributed by atoms with van der Waals surface area (Å²) in [5.74, 6) is 2.17.